The summed E-state index contributed by atoms with van der Waals surface area (Å²) < 4.78 is 0. The molecule has 0 radical (unpaired) electrons. The number of piperazine rings is 1. The molecule has 1 aromatic carbocycles. The minimum Gasteiger partial charge on any atom is -0.354 e. The maximum Gasteiger partial charge on any atom is 0.0495 e. The number of nitrogens with zero attached hydrogens (tertiary/aromatic N) is 2. The lowest BCUT2D eigenvalue weighted by molar-refractivity contribution is 0.241. The van der Waals surface area contributed by atoms with E-state index in [1.807, 2.05) is 18.5 Å². The Morgan fingerprint density at radius 2 is 2.15 bits per heavy atom. The van der Waals surface area contributed by atoms with E-state index in [9.17, 15) is 0 Å². The quantitative estimate of drug-likeness (QED) is 0.710. The normalized spacial score (nSPS) is 20.8. The van der Waals surface area contributed by atoms with Crippen molar-refractivity contribution in [2.45, 2.75) is 6.04 Å². The summed E-state index contributed by atoms with van der Waals surface area (Å²) in [5.74, 6) is 0. The third-order valence-electron chi connectivity index (χ3n) is 4.21. The second-order valence-electron chi connectivity index (χ2n) is 5.62. The van der Waals surface area contributed by atoms with Crippen LogP contribution in [0.5, 0.6) is 0 Å². The van der Waals surface area contributed by atoms with Crippen LogP contribution in [0.2, 0.25) is 0 Å². The average Bonchev–Trinajstić information content (AvgIpc) is 2.85. The van der Waals surface area contributed by atoms with Gasteiger partial charge in [0.15, 0.2) is 0 Å². The van der Waals surface area contributed by atoms with Crippen LogP contribution in [0.3, 0.4) is 0 Å². The van der Waals surface area contributed by atoms with Gasteiger partial charge < -0.3 is 15.2 Å². The largest absolute Gasteiger partial charge is 0.354 e. The number of likely N-dealkylation sites (N-methyl/N-ethyl adjacent to an activating group) is 1. The highest BCUT2D eigenvalue weighted by atomic mass is 15.2. The van der Waals surface area contributed by atoms with Gasteiger partial charge in [-0.3, -0.25) is 4.98 Å². The van der Waals surface area contributed by atoms with E-state index in [4.69, 9.17) is 0 Å². The van der Waals surface area contributed by atoms with Crippen molar-refractivity contribution in [3.63, 3.8) is 0 Å². The number of nitrogens with one attached hydrogen (secondary N) is 2. The summed E-state index contributed by atoms with van der Waals surface area (Å²) in [4.78, 5) is 10.1. The van der Waals surface area contributed by atoms with Crippen LogP contribution in [0.1, 0.15) is 11.6 Å². The van der Waals surface area contributed by atoms with Crippen molar-refractivity contribution in [3.05, 3.63) is 42.2 Å². The van der Waals surface area contributed by atoms with Gasteiger partial charge in [-0.2, -0.15) is 0 Å². The molecule has 0 saturated carbocycles. The van der Waals surface area contributed by atoms with Gasteiger partial charge in [0.25, 0.3) is 0 Å². The molecular weight excluding hydrogens is 248 g/mol. The van der Waals surface area contributed by atoms with Crippen molar-refractivity contribution in [1.29, 1.82) is 0 Å². The van der Waals surface area contributed by atoms with Crippen molar-refractivity contribution in [1.82, 2.24) is 20.2 Å². The summed E-state index contributed by atoms with van der Waals surface area (Å²) in [5.41, 5.74) is 3.70. The topological polar surface area (TPSA) is 44.0 Å². The smallest absolute Gasteiger partial charge is 0.0495 e. The number of pyridine rings is 1. The first-order valence-corrected chi connectivity index (χ1v) is 7.08. The maximum atomic E-state index is 4.22. The zero-order chi connectivity index (χ0) is 13.5. The fraction of sp³-hybridized carbons (Fsp3) is 0.312. The Balaban J connectivity index is 1.80. The van der Waals surface area contributed by atoms with Crippen molar-refractivity contribution in [2.75, 3.05) is 26.7 Å². The van der Waals surface area contributed by atoms with Crippen molar-refractivity contribution < 1.29 is 0 Å². The van der Waals surface area contributed by atoms with Crippen LogP contribution in [0.25, 0.3) is 21.8 Å². The Hall–Kier alpha value is -1.91. The number of benzene rings is 1. The molecule has 0 bridgehead atoms. The van der Waals surface area contributed by atoms with E-state index < -0.39 is 0 Å². The fourth-order valence-corrected chi connectivity index (χ4v) is 3.10. The van der Waals surface area contributed by atoms with Gasteiger partial charge in [-0.1, -0.05) is 12.1 Å². The highest BCUT2D eigenvalue weighted by Gasteiger charge is 2.18. The van der Waals surface area contributed by atoms with E-state index in [2.05, 4.69) is 45.4 Å². The first-order chi connectivity index (χ1) is 9.81. The molecule has 20 heavy (non-hydrogen) atoms. The number of aromatic nitrogens is 2. The lowest BCUT2D eigenvalue weighted by Gasteiger charge is -2.31. The van der Waals surface area contributed by atoms with E-state index in [-0.39, 0.29) is 0 Å². The Bertz CT molecular complexity index is 761. The molecule has 2 N–H and O–H groups in total. The molecule has 2 aromatic heterocycles. The van der Waals surface area contributed by atoms with Crippen LogP contribution >= 0.6 is 0 Å². The predicted molar refractivity (Wildman–Crippen MR) is 81.8 cm³/mol. The summed E-state index contributed by atoms with van der Waals surface area (Å²) in [6, 6.07) is 9.16. The highest BCUT2D eigenvalue weighted by molar-refractivity contribution is 6.06. The van der Waals surface area contributed by atoms with Crippen molar-refractivity contribution >= 4 is 21.8 Å². The molecule has 1 saturated heterocycles. The molecule has 1 fully saturated rings. The molecule has 4 heteroatoms. The first-order valence-electron chi connectivity index (χ1n) is 7.08. The molecular formula is C16H18N4. The lowest BCUT2D eigenvalue weighted by Crippen LogP contribution is -2.43. The van der Waals surface area contributed by atoms with Crippen LogP contribution in [0.15, 0.2) is 36.7 Å². The zero-order valence-corrected chi connectivity index (χ0v) is 11.6. The minimum absolute atomic E-state index is 0.419. The minimum atomic E-state index is 0.419. The molecule has 4 rings (SSSR count). The number of H-pyrrole nitrogens is 1. The maximum absolute atomic E-state index is 4.22. The zero-order valence-electron chi connectivity index (χ0n) is 11.6. The Labute approximate surface area is 117 Å². The second kappa shape index (κ2) is 4.58. The molecule has 1 aliphatic rings. The summed E-state index contributed by atoms with van der Waals surface area (Å²) in [6.45, 7) is 3.24. The van der Waals surface area contributed by atoms with Crippen LogP contribution in [0, 0.1) is 0 Å². The number of fused-ring (bicyclic) bond motifs is 3. The number of rotatable bonds is 1. The Morgan fingerprint density at radius 1 is 1.20 bits per heavy atom. The number of hydrogen-bond donors (Lipinski definition) is 2. The van der Waals surface area contributed by atoms with Gasteiger partial charge in [0.1, 0.15) is 0 Å². The van der Waals surface area contributed by atoms with Gasteiger partial charge in [0, 0.05) is 59.9 Å². The van der Waals surface area contributed by atoms with E-state index in [1.54, 1.807) is 0 Å². The number of aromatic amines is 1. The molecule has 0 amide bonds. The lowest BCUT2D eigenvalue weighted by atomic mass is 10.0. The van der Waals surface area contributed by atoms with Gasteiger partial charge in [0.05, 0.1) is 0 Å². The van der Waals surface area contributed by atoms with Gasteiger partial charge in [-0.05, 0) is 24.7 Å². The van der Waals surface area contributed by atoms with Gasteiger partial charge in [0.2, 0.25) is 0 Å². The van der Waals surface area contributed by atoms with Gasteiger partial charge >= 0.3 is 0 Å². The molecule has 3 aromatic rings. The Kier molecular flexibility index (Phi) is 2.72. The van der Waals surface area contributed by atoms with Gasteiger partial charge in [-0.15, -0.1) is 0 Å². The molecule has 0 aliphatic carbocycles. The van der Waals surface area contributed by atoms with E-state index >= 15 is 0 Å². The molecule has 1 aliphatic heterocycles. The van der Waals surface area contributed by atoms with E-state index in [0.29, 0.717) is 6.04 Å². The average molecular weight is 266 g/mol. The summed E-state index contributed by atoms with van der Waals surface area (Å²) in [6.07, 6.45) is 3.76. The molecule has 102 valence electrons. The second-order valence-corrected chi connectivity index (χ2v) is 5.62. The molecule has 1 unspecified atom stereocenters. The standard InChI is InChI=1S/C16H18N4/c1-20-7-6-18-16(10-20)11-2-3-12-13-9-17-5-4-14(13)19-15(12)8-11/h2-5,8-9,16,18-19H,6-7,10H2,1H3. The van der Waals surface area contributed by atoms with Crippen LogP contribution in [-0.2, 0) is 0 Å². The monoisotopic (exact) mass is 266 g/mol. The third kappa shape index (κ3) is 1.88. The van der Waals surface area contributed by atoms with Crippen LogP contribution < -0.4 is 5.32 Å². The first kappa shape index (κ1) is 11.9. The van der Waals surface area contributed by atoms with E-state index in [0.717, 1.165) is 25.2 Å². The summed E-state index contributed by atoms with van der Waals surface area (Å²) in [5, 5.41) is 6.04. The van der Waals surface area contributed by atoms with Crippen molar-refractivity contribution in [2.24, 2.45) is 0 Å². The van der Waals surface area contributed by atoms with E-state index in [1.165, 1.54) is 21.9 Å². The Morgan fingerprint density at radius 3 is 3.05 bits per heavy atom. The highest BCUT2D eigenvalue weighted by Crippen LogP contribution is 2.27. The van der Waals surface area contributed by atoms with Crippen molar-refractivity contribution in [3.8, 4) is 0 Å². The number of hydrogen-bond acceptors (Lipinski definition) is 3. The molecule has 4 nitrogen and oxygen atoms in total. The third-order valence-corrected chi connectivity index (χ3v) is 4.21. The fourth-order valence-electron chi connectivity index (χ4n) is 3.10. The van der Waals surface area contributed by atoms with Crippen LogP contribution in [-0.4, -0.2) is 41.5 Å². The predicted octanol–water partition coefficient (Wildman–Crippen LogP) is 2.29. The van der Waals surface area contributed by atoms with Gasteiger partial charge in [-0.25, -0.2) is 0 Å². The molecule has 0 spiro atoms. The summed E-state index contributed by atoms with van der Waals surface area (Å²) in [7, 11) is 2.18. The SMILES string of the molecule is CN1CCNC(c2ccc3c(c2)[nH]c2ccncc23)C1. The summed E-state index contributed by atoms with van der Waals surface area (Å²) >= 11 is 0. The van der Waals surface area contributed by atoms with Crippen LogP contribution in [0.4, 0.5) is 0 Å². The molecule has 1 atom stereocenters. The molecule has 3 heterocycles.